The minimum atomic E-state index is -3.53. The Morgan fingerprint density at radius 2 is 1.81 bits per heavy atom. The average Bonchev–Trinajstić information content (AvgIpc) is 2.65. The van der Waals surface area contributed by atoms with E-state index in [2.05, 4.69) is 0 Å². The number of rotatable bonds is 6. The van der Waals surface area contributed by atoms with Gasteiger partial charge in [0.05, 0.1) is 39.3 Å². The van der Waals surface area contributed by atoms with Crippen LogP contribution in [0.3, 0.4) is 0 Å². The van der Waals surface area contributed by atoms with E-state index >= 15 is 0 Å². The van der Waals surface area contributed by atoms with Crippen LogP contribution in [0.25, 0.3) is 0 Å². The molecule has 144 valence electrons. The lowest BCUT2D eigenvalue weighted by Crippen LogP contribution is -2.50. The number of hydrogen-bond donors (Lipinski definition) is 0. The molecule has 1 aliphatic rings. The molecule has 26 heavy (non-hydrogen) atoms. The highest BCUT2D eigenvalue weighted by atomic mass is 31.2. The summed E-state index contributed by atoms with van der Waals surface area (Å²) in [7, 11) is -1.03. The van der Waals surface area contributed by atoms with Crippen LogP contribution in [0.2, 0.25) is 0 Å². The lowest BCUT2D eigenvalue weighted by Gasteiger charge is -2.35. The molecule has 0 N–H and O–H groups in total. The lowest BCUT2D eigenvalue weighted by atomic mass is 9.94. The number of amides is 1. The SMILES string of the molecule is CCOP(=O)(OCC)c1cccc2c1CC(C(=O)OC)N(C(=O)OC)C2. The number of methoxy groups -OCH3 is 2. The van der Waals surface area contributed by atoms with Crippen LogP contribution in [0.5, 0.6) is 0 Å². The molecular weight excluding hydrogens is 361 g/mol. The molecule has 0 bridgehead atoms. The Hall–Kier alpha value is -1.89. The zero-order valence-electron chi connectivity index (χ0n) is 15.4. The molecule has 1 aromatic carbocycles. The van der Waals surface area contributed by atoms with E-state index in [-0.39, 0.29) is 26.2 Å². The van der Waals surface area contributed by atoms with Crippen LogP contribution >= 0.6 is 7.60 Å². The Labute approximate surface area is 152 Å². The average molecular weight is 385 g/mol. The molecule has 1 atom stereocenters. The number of esters is 1. The Morgan fingerprint density at radius 3 is 2.35 bits per heavy atom. The molecule has 1 amide bonds. The van der Waals surface area contributed by atoms with Crippen molar-refractivity contribution in [1.29, 1.82) is 0 Å². The Bertz CT molecular complexity index is 711. The largest absolute Gasteiger partial charge is 0.467 e. The Morgan fingerprint density at radius 1 is 1.15 bits per heavy atom. The first-order chi connectivity index (χ1) is 12.4. The molecule has 1 aliphatic heterocycles. The van der Waals surface area contributed by atoms with Crippen LogP contribution in [-0.2, 0) is 40.8 Å². The molecule has 0 saturated heterocycles. The maximum Gasteiger partial charge on any atom is 0.410 e. The van der Waals surface area contributed by atoms with Crippen molar-refractivity contribution in [3.05, 3.63) is 29.3 Å². The van der Waals surface area contributed by atoms with Gasteiger partial charge >= 0.3 is 19.7 Å². The second kappa shape index (κ2) is 8.66. The second-order valence-corrected chi connectivity index (χ2v) is 7.58. The minimum Gasteiger partial charge on any atom is -0.467 e. The molecule has 1 unspecified atom stereocenters. The topological polar surface area (TPSA) is 91.4 Å². The molecule has 0 saturated carbocycles. The van der Waals surface area contributed by atoms with Crippen LogP contribution in [0.4, 0.5) is 4.79 Å². The summed E-state index contributed by atoms with van der Waals surface area (Å²) >= 11 is 0. The lowest BCUT2D eigenvalue weighted by molar-refractivity contribution is -0.146. The molecule has 0 fully saturated rings. The third kappa shape index (κ3) is 3.92. The van der Waals surface area contributed by atoms with E-state index in [1.807, 2.05) is 6.07 Å². The van der Waals surface area contributed by atoms with E-state index in [9.17, 15) is 14.2 Å². The molecule has 0 spiro atoms. The number of carbonyl (C=O) groups is 2. The molecular formula is C17H24NO7P. The molecule has 1 heterocycles. The van der Waals surface area contributed by atoms with Crippen molar-refractivity contribution in [1.82, 2.24) is 4.90 Å². The predicted molar refractivity (Wildman–Crippen MR) is 94.4 cm³/mol. The highest BCUT2D eigenvalue weighted by Gasteiger charge is 2.40. The summed E-state index contributed by atoms with van der Waals surface area (Å²) in [5.74, 6) is -0.571. The van der Waals surface area contributed by atoms with Gasteiger partial charge in [0.25, 0.3) is 0 Å². The first-order valence-corrected chi connectivity index (χ1v) is 9.88. The number of benzene rings is 1. The van der Waals surface area contributed by atoms with Crippen molar-refractivity contribution in [2.75, 3.05) is 27.4 Å². The fourth-order valence-electron chi connectivity index (χ4n) is 3.03. The predicted octanol–water partition coefficient (Wildman–Crippen LogP) is 2.24. The van der Waals surface area contributed by atoms with Crippen LogP contribution in [0.15, 0.2) is 18.2 Å². The van der Waals surface area contributed by atoms with Crippen LogP contribution < -0.4 is 5.30 Å². The standard InChI is InChI=1S/C17H24NO7P/c1-5-24-26(21,25-6-2)15-9-7-8-12-11-18(17(20)23-4)14(10-13(12)15)16(19)22-3/h7-9,14H,5-6,10-11H2,1-4H3. The molecule has 8 nitrogen and oxygen atoms in total. The fraction of sp³-hybridized carbons (Fsp3) is 0.529. The zero-order valence-corrected chi connectivity index (χ0v) is 16.3. The first-order valence-electron chi connectivity index (χ1n) is 8.34. The van der Waals surface area contributed by atoms with E-state index in [4.69, 9.17) is 18.5 Å². The fourth-order valence-corrected chi connectivity index (χ4v) is 4.90. The Kier molecular flexibility index (Phi) is 6.81. The quantitative estimate of drug-likeness (QED) is 0.548. The molecule has 0 aliphatic carbocycles. The van der Waals surface area contributed by atoms with Crippen molar-refractivity contribution in [2.24, 2.45) is 0 Å². The zero-order chi connectivity index (χ0) is 19.3. The van der Waals surface area contributed by atoms with E-state index < -0.39 is 25.7 Å². The van der Waals surface area contributed by atoms with Gasteiger partial charge in [-0.2, -0.15) is 0 Å². The smallest absolute Gasteiger partial charge is 0.410 e. The Balaban J connectivity index is 2.53. The van der Waals surface area contributed by atoms with Gasteiger partial charge in [-0.25, -0.2) is 9.59 Å². The van der Waals surface area contributed by atoms with Gasteiger partial charge < -0.3 is 18.5 Å². The summed E-state index contributed by atoms with van der Waals surface area (Å²) < 4.78 is 33.8. The van der Waals surface area contributed by atoms with Crippen LogP contribution in [0.1, 0.15) is 25.0 Å². The summed E-state index contributed by atoms with van der Waals surface area (Å²) in [6, 6.07) is 4.34. The van der Waals surface area contributed by atoms with Gasteiger partial charge in [-0.15, -0.1) is 0 Å². The van der Waals surface area contributed by atoms with Gasteiger partial charge in [-0.05, 0) is 31.0 Å². The van der Waals surface area contributed by atoms with E-state index in [0.717, 1.165) is 5.56 Å². The molecule has 2 rings (SSSR count). The molecule has 1 aromatic rings. The van der Waals surface area contributed by atoms with Crippen molar-refractivity contribution in [3.63, 3.8) is 0 Å². The van der Waals surface area contributed by atoms with Gasteiger partial charge in [0.15, 0.2) is 0 Å². The molecule has 0 aromatic heterocycles. The second-order valence-electron chi connectivity index (χ2n) is 5.59. The number of ether oxygens (including phenoxy) is 2. The summed E-state index contributed by atoms with van der Waals surface area (Å²) in [5.41, 5.74) is 1.43. The van der Waals surface area contributed by atoms with Gasteiger partial charge in [-0.3, -0.25) is 9.46 Å². The van der Waals surface area contributed by atoms with Gasteiger partial charge in [0.1, 0.15) is 6.04 Å². The van der Waals surface area contributed by atoms with Crippen molar-refractivity contribution in [2.45, 2.75) is 32.9 Å². The minimum absolute atomic E-state index is 0.133. The van der Waals surface area contributed by atoms with Gasteiger partial charge in [0.2, 0.25) is 0 Å². The summed E-state index contributed by atoms with van der Waals surface area (Å²) in [6.45, 7) is 4.04. The van der Waals surface area contributed by atoms with Crippen LogP contribution in [-0.4, -0.2) is 50.4 Å². The maximum absolute atomic E-state index is 13.2. The van der Waals surface area contributed by atoms with Crippen LogP contribution in [0, 0.1) is 0 Å². The number of nitrogens with zero attached hydrogens (tertiary/aromatic N) is 1. The van der Waals surface area contributed by atoms with Gasteiger partial charge in [-0.1, -0.05) is 12.1 Å². The highest BCUT2D eigenvalue weighted by Crippen LogP contribution is 2.48. The van der Waals surface area contributed by atoms with E-state index in [0.29, 0.717) is 10.9 Å². The third-order valence-electron chi connectivity index (χ3n) is 4.14. The van der Waals surface area contributed by atoms with Crippen molar-refractivity contribution in [3.8, 4) is 0 Å². The molecule has 9 heteroatoms. The summed E-state index contributed by atoms with van der Waals surface area (Å²) in [6.07, 6.45) is -0.494. The summed E-state index contributed by atoms with van der Waals surface area (Å²) in [4.78, 5) is 25.6. The first kappa shape index (κ1) is 20.4. The third-order valence-corrected chi connectivity index (χ3v) is 6.34. The highest BCUT2D eigenvalue weighted by molar-refractivity contribution is 7.62. The number of carbonyl (C=O) groups excluding carboxylic acids is 2. The normalized spacial score (nSPS) is 16.8. The van der Waals surface area contributed by atoms with Crippen molar-refractivity contribution < 1.29 is 32.7 Å². The van der Waals surface area contributed by atoms with Crippen molar-refractivity contribution >= 4 is 25.0 Å². The molecule has 0 radical (unpaired) electrons. The number of fused-ring (bicyclic) bond motifs is 1. The number of hydrogen-bond acceptors (Lipinski definition) is 7. The maximum atomic E-state index is 13.2. The van der Waals surface area contributed by atoms with E-state index in [1.165, 1.54) is 19.1 Å². The van der Waals surface area contributed by atoms with Gasteiger partial charge in [0, 0.05) is 6.42 Å². The van der Waals surface area contributed by atoms with E-state index in [1.54, 1.807) is 26.0 Å². The summed E-state index contributed by atoms with van der Waals surface area (Å²) in [5, 5.41) is 0.414. The monoisotopic (exact) mass is 385 g/mol.